The second-order valence-corrected chi connectivity index (χ2v) is 7.07. The SMILES string of the molecule is CC(=O)Oc1ccc(Cn2nnc(-c3cccc(C#CCc4ccc(F)cc4)c3)n2)cc1. The van der Waals surface area contributed by atoms with Crippen molar-refractivity contribution in [3.8, 4) is 29.0 Å². The van der Waals surface area contributed by atoms with E-state index in [1.54, 1.807) is 24.3 Å². The van der Waals surface area contributed by atoms with Crippen LogP contribution in [0.2, 0.25) is 0 Å². The monoisotopic (exact) mass is 426 g/mol. The van der Waals surface area contributed by atoms with Gasteiger partial charge in [0.1, 0.15) is 11.6 Å². The Balaban J connectivity index is 1.42. The van der Waals surface area contributed by atoms with Gasteiger partial charge < -0.3 is 4.74 Å². The van der Waals surface area contributed by atoms with Gasteiger partial charge in [-0.05, 0) is 52.7 Å². The third kappa shape index (κ3) is 5.64. The molecule has 6 nitrogen and oxygen atoms in total. The smallest absolute Gasteiger partial charge is 0.308 e. The van der Waals surface area contributed by atoms with Gasteiger partial charge in [0, 0.05) is 24.5 Å². The van der Waals surface area contributed by atoms with E-state index in [0.717, 1.165) is 22.3 Å². The second kappa shape index (κ2) is 9.67. The molecule has 0 aliphatic carbocycles. The highest BCUT2D eigenvalue weighted by atomic mass is 19.1. The Morgan fingerprint density at radius 3 is 2.53 bits per heavy atom. The van der Waals surface area contributed by atoms with E-state index in [2.05, 4.69) is 27.3 Å². The molecule has 0 saturated carbocycles. The molecule has 7 heteroatoms. The minimum absolute atomic E-state index is 0.256. The van der Waals surface area contributed by atoms with Crippen LogP contribution >= 0.6 is 0 Å². The Hall–Kier alpha value is -4.31. The largest absolute Gasteiger partial charge is 0.427 e. The van der Waals surface area contributed by atoms with Crippen molar-refractivity contribution in [3.05, 3.63) is 95.3 Å². The molecule has 0 amide bonds. The van der Waals surface area contributed by atoms with E-state index in [4.69, 9.17) is 4.74 Å². The van der Waals surface area contributed by atoms with Gasteiger partial charge in [-0.3, -0.25) is 4.79 Å². The lowest BCUT2D eigenvalue weighted by atomic mass is 10.1. The molecule has 32 heavy (non-hydrogen) atoms. The van der Waals surface area contributed by atoms with E-state index in [1.165, 1.54) is 23.9 Å². The van der Waals surface area contributed by atoms with Gasteiger partial charge in [-0.25, -0.2) is 4.39 Å². The zero-order valence-electron chi connectivity index (χ0n) is 17.3. The van der Waals surface area contributed by atoms with E-state index in [0.29, 0.717) is 24.5 Å². The molecule has 0 radical (unpaired) electrons. The Morgan fingerprint density at radius 1 is 1.03 bits per heavy atom. The highest BCUT2D eigenvalue weighted by molar-refractivity contribution is 5.69. The van der Waals surface area contributed by atoms with E-state index in [9.17, 15) is 9.18 Å². The fourth-order valence-corrected chi connectivity index (χ4v) is 3.00. The van der Waals surface area contributed by atoms with Crippen molar-refractivity contribution in [3.63, 3.8) is 0 Å². The molecular weight excluding hydrogens is 407 g/mol. The van der Waals surface area contributed by atoms with Crippen molar-refractivity contribution < 1.29 is 13.9 Å². The lowest BCUT2D eigenvalue weighted by molar-refractivity contribution is -0.131. The number of ether oxygens (including phenoxy) is 1. The summed E-state index contributed by atoms with van der Waals surface area (Å²) in [6.07, 6.45) is 0.537. The number of hydrogen-bond acceptors (Lipinski definition) is 5. The number of aromatic nitrogens is 4. The molecule has 0 aliphatic heterocycles. The molecule has 3 aromatic carbocycles. The fourth-order valence-electron chi connectivity index (χ4n) is 3.00. The maximum atomic E-state index is 13.0. The molecule has 4 rings (SSSR count). The first-order chi connectivity index (χ1) is 15.5. The Labute approximate surface area is 184 Å². The van der Waals surface area contributed by atoms with Gasteiger partial charge in [-0.15, -0.1) is 10.2 Å². The fraction of sp³-hybridized carbons (Fsp3) is 0.120. The van der Waals surface area contributed by atoms with Crippen molar-refractivity contribution in [2.75, 3.05) is 0 Å². The molecule has 0 N–H and O–H groups in total. The first kappa shape index (κ1) is 20.9. The summed E-state index contributed by atoms with van der Waals surface area (Å²) in [6.45, 7) is 1.80. The molecule has 1 heterocycles. The maximum absolute atomic E-state index is 13.0. The van der Waals surface area contributed by atoms with Crippen LogP contribution in [-0.2, 0) is 17.8 Å². The standard InChI is InChI=1S/C25H19FN4O2/c1-18(31)32-24-14-10-21(11-15-24)17-30-28-25(27-29-30)22-7-3-6-20(16-22)5-2-4-19-8-12-23(26)13-9-19/h3,6-16H,4,17H2,1H3. The van der Waals surface area contributed by atoms with Crippen LogP contribution in [0.15, 0.2) is 72.8 Å². The average molecular weight is 426 g/mol. The molecule has 0 bridgehead atoms. The molecule has 0 fully saturated rings. The van der Waals surface area contributed by atoms with Crippen LogP contribution in [0.25, 0.3) is 11.4 Å². The van der Waals surface area contributed by atoms with Gasteiger partial charge in [-0.2, -0.15) is 4.80 Å². The third-order valence-corrected chi connectivity index (χ3v) is 4.52. The van der Waals surface area contributed by atoms with Gasteiger partial charge in [-0.1, -0.05) is 48.2 Å². The molecule has 1 aromatic heterocycles. The quantitative estimate of drug-likeness (QED) is 0.274. The number of nitrogens with zero attached hydrogens (tertiary/aromatic N) is 4. The molecule has 4 aromatic rings. The van der Waals surface area contributed by atoms with Gasteiger partial charge in [0.25, 0.3) is 0 Å². The van der Waals surface area contributed by atoms with Crippen molar-refractivity contribution in [1.29, 1.82) is 0 Å². The van der Waals surface area contributed by atoms with Crippen LogP contribution in [0.4, 0.5) is 4.39 Å². The summed E-state index contributed by atoms with van der Waals surface area (Å²) in [6, 6.07) is 21.1. The zero-order valence-corrected chi connectivity index (χ0v) is 17.3. The van der Waals surface area contributed by atoms with Crippen molar-refractivity contribution in [2.45, 2.75) is 19.9 Å². The summed E-state index contributed by atoms with van der Waals surface area (Å²) in [5.74, 6) is 6.61. The number of rotatable bonds is 5. The Morgan fingerprint density at radius 2 is 1.78 bits per heavy atom. The van der Waals surface area contributed by atoms with Crippen LogP contribution in [0, 0.1) is 17.7 Å². The normalized spacial score (nSPS) is 10.3. The Kier molecular flexibility index (Phi) is 6.33. The van der Waals surface area contributed by atoms with E-state index >= 15 is 0 Å². The highest BCUT2D eigenvalue weighted by Gasteiger charge is 2.07. The maximum Gasteiger partial charge on any atom is 0.308 e. The number of halogens is 1. The van der Waals surface area contributed by atoms with Gasteiger partial charge in [0.05, 0.1) is 6.54 Å². The topological polar surface area (TPSA) is 69.9 Å². The third-order valence-electron chi connectivity index (χ3n) is 4.52. The number of esters is 1. The number of hydrogen-bond donors (Lipinski definition) is 0. The number of carbonyl (C=O) groups excluding carboxylic acids is 1. The second-order valence-electron chi connectivity index (χ2n) is 7.07. The first-order valence-electron chi connectivity index (χ1n) is 9.94. The lowest BCUT2D eigenvalue weighted by Crippen LogP contribution is -2.05. The van der Waals surface area contributed by atoms with Gasteiger partial charge in [0.2, 0.25) is 5.82 Å². The van der Waals surface area contributed by atoms with E-state index in [1.807, 2.05) is 36.4 Å². The van der Waals surface area contributed by atoms with Gasteiger partial charge >= 0.3 is 5.97 Å². The predicted octanol–water partition coefficient (Wildman–Crippen LogP) is 4.05. The first-order valence-corrected chi connectivity index (χ1v) is 9.94. The molecule has 158 valence electrons. The van der Waals surface area contributed by atoms with Crippen LogP contribution in [0.1, 0.15) is 23.6 Å². The lowest BCUT2D eigenvalue weighted by Gasteiger charge is -2.03. The van der Waals surface area contributed by atoms with E-state index < -0.39 is 0 Å². The van der Waals surface area contributed by atoms with Crippen molar-refractivity contribution in [1.82, 2.24) is 20.2 Å². The highest BCUT2D eigenvalue weighted by Crippen LogP contribution is 2.16. The molecule has 0 atom stereocenters. The number of carbonyl (C=O) groups is 1. The zero-order chi connectivity index (χ0) is 22.3. The molecule has 0 spiro atoms. The number of tetrazole rings is 1. The summed E-state index contributed by atoms with van der Waals surface area (Å²) in [5, 5.41) is 12.7. The molecular formula is C25H19FN4O2. The predicted molar refractivity (Wildman–Crippen MR) is 117 cm³/mol. The van der Waals surface area contributed by atoms with Gasteiger partial charge in [0.15, 0.2) is 0 Å². The Bertz CT molecular complexity index is 1290. The van der Waals surface area contributed by atoms with Crippen LogP contribution in [-0.4, -0.2) is 26.2 Å². The summed E-state index contributed by atoms with van der Waals surface area (Å²) < 4.78 is 18.0. The van der Waals surface area contributed by atoms with Crippen molar-refractivity contribution in [2.24, 2.45) is 0 Å². The van der Waals surface area contributed by atoms with Crippen LogP contribution < -0.4 is 4.74 Å². The van der Waals surface area contributed by atoms with Crippen LogP contribution in [0.3, 0.4) is 0 Å². The minimum atomic E-state index is -0.359. The summed E-state index contributed by atoms with van der Waals surface area (Å²) in [4.78, 5) is 12.5. The molecule has 0 saturated heterocycles. The van der Waals surface area contributed by atoms with E-state index in [-0.39, 0.29) is 11.8 Å². The van der Waals surface area contributed by atoms with Crippen molar-refractivity contribution >= 4 is 5.97 Å². The number of benzene rings is 3. The average Bonchev–Trinajstić information content (AvgIpc) is 3.25. The summed E-state index contributed by atoms with van der Waals surface area (Å²) in [5.41, 5.74) is 3.56. The summed E-state index contributed by atoms with van der Waals surface area (Å²) in [7, 11) is 0. The minimum Gasteiger partial charge on any atom is -0.427 e. The molecule has 0 aliphatic rings. The van der Waals surface area contributed by atoms with Crippen LogP contribution in [0.5, 0.6) is 5.75 Å². The summed E-state index contributed by atoms with van der Waals surface area (Å²) >= 11 is 0. The molecule has 0 unspecified atom stereocenters.